The molecule has 0 aliphatic heterocycles. The van der Waals surface area contributed by atoms with E-state index in [4.69, 9.17) is 0 Å². The summed E-state index contributed by atoms with van der Waals surface area (Å²) >= 11 is 3.43. The number of nitrogens with one attached hydrogen (secondary N) is 1. The zero-order valence-corrected chi connectivity index (χ0v) is 14.6. The van der Waals surface area contributed by atoms with Gasteiger partial charge in [-0.1, -0.05) is 39.3 Å². The first kappa shape index (κ1) is 16.3. The molecule has 0 aliphatic carbocycles. The molecule has 3 aromatic rings. The molecule has 0 fully saturated rings. The third kappa shape index (κ3) is 3.51. The highest BCUT2D eigenvalue weighted by Crippen LogP contribution is 2.20. The summed E-state index contributed by atoms with van der Waals surface area (Å²) in [6.45, 7) is 2.15. The van der Waals surface area contributed by atoms with Crippen LogP contribution in [0.2, 0.25) is 0 Å². The molecule has 122 valence electrons. The number of fused-ring (bicyclic) bond motifs is 1. The van der Waals surface area contributed by atoms with Gasteiger partial charge in [0.15, 0.2) is 0 Å². The van der Waals surface area contributed by atoms with Crippen molar-refractivity contribution in [2.45, 2.75) is 19.9 Å². The lowest BCUT2D eigenvalue weighted by Crippen LogP contribution is -2.26. The molecule has 6 nitrogen and oxygen atoms in total. The number of anilines is 1. The Kier molecular flexibility index (Phi) is 4.71. The number of nitrogens with zero attached hydrogens (tertiary/aromatic N) is 3. The smallest absolute Gasteiger partial charge is 0.277 e. The predicted molar refractivity (Wildman–Crippen MR) is 95.9 cm³/mol. The molecule has 0 atom stereocenters. The Bertz CT molecular complexity index is 968. The molecule has 2 aromatic carbocycles. The average Bonchev–Trinajstić information content (AvgIpc) is 2.58. The minimum atomic E-state index is -0.244. The van der Waals surface area contributed by atoms with Crippen LogP contribution < -0.4 is 10.9 Å². The molecule has 0 saturated heterocycles. The van der Waals surface area contributed by atoms with Gasteiger partial charge >= 0.3 is 0 Å². The molecule has 24 heavy (non-hydrogen) atoms. The molecule has 1 N–H and O–H groups in total. The lowest BCUT2D eigenvalue weighted by molar-refractivity contribution is -0.116. The molecule has 7 heteroatoms. The van der Waals surface area contributed by atoms with Gasteiger partial charge in [0.05, 0.1) is 11.9 Å². The van der Waals surface area contributed by atoms with Gasteiger partial charge in [-0.05, 0) is 36.8 Å². The van der Waals surface area contributed by atoms with E-state index in [1.807, 2.05) is 25.1 Å². The second-order valence-corrected chi connectivity index (χ2v) is 6.25. The summed E-state index contributed by atoms with van der Waals surface area (Å²) in [5, 5.41) is 11.2. The minimum Gasteiger partial charge on any atom is -0.326 e. The van der Waals surface area contributed by atoms with E-state index in [0.29, 0.717) is 16.6 Å². The summed E-state index contributed by atoms with van der Waals surface area (Å²) in [6.07, 6.45) is 0.137. The molecular formula is C17H15BrN4O2. The number of hydrogen-bond donors (Lipinski definition) is 1. The van der Waals surface area contributed by atoms with E-state index in [1.165, 1.54) is 4.68 Å². The Hall–Kier alpha value is -2.54. The van der Waals surface area contributed by atoms with Crippen LogP contribution in [0.15, 0.2) is 51.7 Å². The van der Waals surface area contributed by atoms with E-state index in [-0.39, 0.29) is 24.4 Å². The van der Waals surface area contributed by atoms with E-state index in [2.05, 4.69) is 31.6 Å². The summed E-state index contributed by atoms with van der Waals surface area (Å²) in [7, 11) is 0. The summed E-state index contributed by atoms with van der Waals surface area (Å²) in [4.78, 5) is 24.4. The molecule has 0 bridgehead atoms. The van der Waals surface area contributed by atoms with Crippen LogP contribution in [0.25, 0.3) is 10.9 Å². The van der Waals surface area contributed by atoms with E-state index in [0.717, 1.165) is 10.0 Å². The van der Waals surface area contributed by atoms with Crippen LogP contribution in [0, 0.1) is 6.92 Å². The Morgan fingerprint density at radius 2 is 2.04 bits per heavy atom. The van der Waals surface area contributed by atoms with E-state index in [9.17, 15) is 9.59 Å². The standard InChI is InChI=1S/C17H15BrN4O2/c1-11-6-7-12(10-14(11)18)19-16(23)8-9-22-17(24)13-4-2-3-5-15(13)20-21-22/h2-7,10H,8-9H2,1H3,(H,19,23). The van der Waals surface area contributed by atoms with Crippen LogP contribution in [-0.2, 0) is 11.3 Å². The van der Waals surface area contributed by atoms with E-state index < -0.39 is 0 Å². The number of hydrogen-bond acceptors (Lipinski definition) is 4. The van der Waals surface area contributed by atoms with Crippen molar-refractivity contribution in [2.24, 2.45) is 0 Å². The van der Waals surface area contributed by atoms with E-state index >= 15 is 0 Å². The largest absolute Gasteiger partial charge is 0.326 e. The topological polar surface area (TPSA) is 76.9 Å². The third-order valence-corrected chi connectivity index (χ3v) is 4.49. The third-order valence-electron chi connectivity index (χ3n) is 3.64. The normalized spacial score (nSPS) is 10.8. The lowest BCUT2D eigenvalue weighted by atomic mass is 10.2. The minimum absolute atomic E-state index is 0.137. The summed E-state index contributed by atoms with van der Waals surface area (Å²) in [6, 6.07) is 12.6. The van der Waals surface area contributed by atoms with Crippen molar-refractivity contribution in [2.75, 3.05) is 5.32 Å². The number of carbonyl (C=O) groups excluding carboxylic acids is 1. The molecule has 0 unspecified atom stereocenters. The fourth-order valence-corrected chi connectivity index (χ4v) is 2.65. The van der Waals surface area contributed by atoms with Crippen molar-refractivity contribution in [1.82, 2.24) is 15.0 Å². The van der Waals surface area contributed by atoms with Gasteiger partial charge in [-0.25, -0.2) is 4.68 Å². The maximum absolute atomic E-state index is 12.3. The molecule has 1 heterocycles. The summed E-state index contributed by atoms with van der Waals surface area (Å²) < 4.78 is 2.14. The zero-order valence-electron chi connectivity index (χ0n) is 13.0. The average molecular weight is 387 g/mol. The number of aromatic nitrogens is 3. The molecule has 1 aromatic heterocycles. The molecule has 1 amide bonds. The lowest BCUT2D eigenvalue weighted by Gasteiger charge is -2.08. The highest BCUT2D eigenvalue weighted by Gasteiger charge is 2.08. The molecule has 0 saturated carbocycles. The van der Waals surface area contributed by atoms with Crippen LogP contribution in [0.4, 0.5) is 5.69 Å². The maximum Gasteiger partial charge on any atom is 0.277 e. The van der Waals surface area contributed by atoms with Crippen LogP contribution in [0.5, 0.6) is 0 Å². The monoisotopic (exact) mass is 386 g/mol. The molecule has 0 radical (unpaired) electrons. The zero-order chi connectivity index (χ0) is 17.1. The van der Waals surface area contributed by atoms with Crippen molar-refractivity contribution < 1.29 is 4.79 Å². The van der Waals surface area contributed by atoms with Crippen LogP contribution in [0.1, 0.15) is 12.0 Å². The van der Waals surface area contributed by atoms with Crippen molar-refractivity contribution in [1.29, 1.82) is 0 Å². The Morgan fingerprint density at radius 1 is 1.25 bits per heavy atom. The highest BCUT2D eigenvalue weighted by atomic mass is 79.9. The molecular weight excluding hydrogens is 372 g/mol. The molecule has 0 aliphatic rings. The number of rotatable bonds is 4. The van der Waals surface area contributed by atoms with E-state index in [1.54, 1.807) is 24.3 Å². The first-order valence-corrected chi connectivity index (χ1v) is 8.22. The number of amides is 1. The first-order valence-electron chi connectivity index (χ1n) is 7.43. The summed E-state index contributed by atoms with van der Waals surface area (Å²) in [5.74, 6) is -0.187. The number of aryl methyl sites for hydroxylation is 2. The number of benzene rings is 2. The Balaban J connectivity index is 1.69. The Labute approximate surface area is 146 Å². The molecule has 0 spiro atoms. The second-order valence-electron chi connectivity index (χ2n) is 5.40. The number of halogens is 1. The van der Waals surface area contributed by atoms with Gasteiger partial charge in [0.1, 0.15) is 5.52 Å². The van der Waals surface area contributed by atoms with Gasteiger partial charge in [-0.3, -0.25) is 9.59 Å². The summed E-state index contributed by atoms with van der Waals surface area (Å²) in [5.41, 5.74) is 2.10. The second kappa shape index (κ2) is 6.92. The quantitative estimate of drug-likeness (QED) is 0.747. The fourth-order valence-electron chi connectivity index (χ4n) is 2.27. The highest BCUT2D eigenvalue weighted by molar-refractivity contribution is 9.10. The Morgan fingerprint density at radius 3 is 2.83 bits per heavy atom. The fraction of sp³-hybridized carbons (Fsp3) is 0.176. The van der Waals surface area contributed by atoms with Gasteiger partial charge in [-0.2, -0.15) is 0 Å². The van der Waals surface area contributed by atoms with Gasteiger partial charge in [0.2, 0.25) is 5.91 Å². The van der Waals surface area contributed by atoms with Crippen molar-refractivity contribution in [3.05, 3.63) is 62.9 Å². The first-order chi connectivity index (χ1) is 11.5. The van der Waals surface area contributed by atoms with Gasteiger partial charge in [0.25, 0.3) is 5.56 Å². The van der Waals surface area contributed by atoms with Gasteiger partial charge < -0.3 is 5.32 Å². The maximum atomic E-state index is 12.3. The SMILES string of the molecule is Cc1ccc(NC(=O)CCn2nnc3ccccc3c2=O)cc1Br. The van der Waals surface area contributed by atoms with Crippen molar-refractivity contribution in [3.63, 3.8) is 0 Å². The van der Waals surface area contributed by atoms with Crippen molar-refractivity contribution >= 4 is 38.4 Å². The number of carbonyl (C=O) groups is 1. The molecule has 3 rings (SSSR count). The van der Waals surface area contributed by atoms with Crippen molar-refractivity contribution in [3.8, 4) is 0 Å². The van der Waals surface area contributed by atoms with Gasteiger partial charge in [0, 0.05) is 16.6 Å². The van der Waals surface area contributed by atoms with Crippen LogP contribution >= 0.6 is 15.9 Å². The van der Waals surface area contributed by atoms with Crippen LogP contribution in [0.3, 0.4) is 0 Å². The van der Waals surface area contributed by atoms with Crippen LogP contribution in [-0.4, -0.2) is 20.9 Å². The predicted octanol–water partition coefficient (Wildman–Crippen LogP) is 2.89. The van der Waals surface area contributed by atoms with Gasteiger partial charge in [-0.15, -0.1) is 5.10 Å².